The lowest BCUT2D eigenvalue weighted by Gasteiger charge is -2.30. The van der Waals surface area contributed by atoms with E-state index in [1.807, 2.05) is 36.4 Å². The number of aromatic nitrogens is 1. The second-order valence-electron chi connectivity index (χ2n) is 8.94. The molecule has 2 aromatic heterocycles. The van der Waals surface area contributed by atoms with Gasteiger partial charge >= 0.3 is 0 Å². The van der Waals surface area contributed by atoms with Crippen molar-refractivity contribution in [3.63, 3.8) is 0 Å². The van der Waals surface area contributed by atoms with Crippen LogP contribution in [-0.2, 0) is 17.8 Å². The van der Waals surface area contributed by atoms with Crippen LogP contribution in [0.25, 0.3) is 26.9 Å². The number of hydrogen-bond donors (Lipinski definition) is 1. The molecule has 0 bridgehead atoms. The molecule has 6 rings (SSSR count). The summed E-state index contributed by atoms with van der Waals surface area (Å²) in [4.78, 5) is 21.7. The number of benzene rings is 2. The molecule has 0 saturated heterocycles. The van der Waals surface area contributed by atoms with E-state index in [0.717, 1.165) is 56.6 Å². The van der Waals surface area contributed by atoms with Crippen LogP contribution in [0.15, 0.2) is 48.5 Å². The van der Waals surface area contributed by atoms with Crippen LogP contribution in [0.2, 0.25) is 0 Å². The van der Waals surface area contributed by atoms with E-state index in [1.54, 1.807) is 34.8 Å². The Hall–Kier alpha value is -3.20. The molecule has 0 unspecified atom stereocenters. The Balaban J connectivity index is 1.32. The zero-order chi connectivity index (χ0) is 23.9. The number of anilines is 1. The minimum absolute atomic E-state index is 0.163. The fourth-order valence-corrected chi connectivity index (χ4v) is 6.89. The molecule has 0 aliphatic carbocycles. The number of rotatable bonds is 5. The first-order valence-electron chi connectivity index (χ1n) is 11.7. The largest absolute Gasteiger partial charge is 0.454 e. The normalized spacial score (nSPS) is 15.3. The Kier molecular flexibility index (Phi) is 5.80. The van der Waals surface area contributed by atoms with Crippen LogP contribution in [0.3, 0.4) is 0 Å². The number of ether oxygens (including phenoxy) is 2. The van der Waals surface area contributed by atoms with Gasteiger partial charge in [0.25, 0.3) is 0 Å². The molecule has 2 aliphatic rings. The van der Waals surface area contributed by atoms with Gasteiger partial charge in [0.15, 0.2) is 11.5 Å². The number of hydrogen-bond acceptors (Lipinski definition) is 7. The van der Waals surface area contributed by atoms with Crippen molar-refractivity contribution in [2.75, 3.05) is 18.7 Å². The molecule has 0 atom stereocenters. The summed E-state index contributed by atoms with van der Waals surface area (Å²) in [7, 11) is 0. The zero-order valence-electron chi connectivity index (χ0n) is 19.5. The maximum Gasteiger partial charge on any atom is 0.249 e. The van der Waals surface area contributed by atoms with Gasteiger partial charge in [0, 0.05) is 35.6 Å². The summed E-state index contributed by atoms with van der Waals surface area (Å²) in [5.41, 5.74) is 4.28. The molecular weight excluding hydrogens is 478 g/mol. The van der Waals surface area contributed by atoms with E-state index in [4.69, 9.17) is 14.5 Å². The summed E-state index contributed by atoms with van der Waals surface area (Å²) in [5, 5.41) is 5.01. The average Bonchev–Trinajstić information content (AvgIpc) is 3.57. The minimum Gasteiger partial charge on any atom is -0.454 e. The number of carbonyl (C=O) groups excluding carboxylic acids is 1. The van der Waals surface area contributed by atoms with Gasteiger partial charge in [-0.25, -0.2) is 4.98 Å². The molecule has 35 heavy (non-hydrogen) atoms. The van der Waals surface area contributed by atoms with Gasteiger partial charge in [0.05, 0.1) is 10.2 Å². The van der Waals surface area contributed by atoms with Crippen LogP contribution in [-0.4, -0.2) is 35.2 Å². The third-order valence-electron chi connectivity index (χ3n) is 6.38. The first-order chi connectivity index (χ1) is 17.0. The number of para-hydroxylation sites is 1. The van der Waals surface area contributed by atoms with Gasteiger partial charge in [0.1, 0.15) is 10.0 Å². The minimum atomic E-state index is -0.163. The molecule has 2 aromatic carbocycles. The van der Waals surface area contributed by atoms with Gasteiger partial charge in [-0.2, -0.15) is 0 Å². The number of nitrogens with one attached hydrogen (secondary N) is 1. The first kappa shape index (κ1) is 22.3. The van der Waals surface area contributed by atoms with Crippen LogP contribution in [0, 0.1) is 0 Å². The van der Waals surface area contributed by atoms with Crippen LogP contribution in [0.5, 0.6) is 11.5 Å². The summed E-state index contributed by atoms with van der Waals surface area (Å²) in [6, 6.07) is 14.3. The molecule has 178 valence electrons. The van der Waals surface area contributed by atoms with E-state index in [1.165, 1.54) is 10.4 Å². The Morgan fingerprint density at radius 3 is 2.86 bits per heavy atom. The zero-order valence-corrected chi connectivity index (χ0v) is 21.2. The fourth-order valence-electron chi connectivity index (χ4n) is 4.50. The Morgan fingerprint density at radius 1 is 1.14 bits per heavy atom. The van der Waals surface area contributed by atoms with Crippen molar-refractivity contribution in [2.45, 2.75) is 32.9 Å². The number of fused-ring (bicyclic) bond motifs is 3. The van der Waals surface area contributed by atoms with Crippen molar-refractivity contribution in [3.05, 3.63) is 64.5 Å². The summed E-state index contributed by atoms with van der Waals surface area (Å²) in [6.45, 7) is 6.61. The van der Waals surface area contributed by atoms with E-state index < -0.39 is 0 Å². The third-order valence-corrected chi connectivity index (χ3v) is 8.57. The Bertz CT molecular complexity index is 1420. The molecule has 2 aliphatic heterocycles. The van der Waals surface area contributed by atoms with E-state index >= 15 is 0 Å². The number of amides is 1. The SMILES string of the molecule is CC(C)N1CCc2c(sc(NC(=O)/C=C/c3ccc4c(c3)OCO4)c2-c2nc3ccccc3s2)C1. The lowest BCUT2D eigenvalue weighted by Crippen LogP contribution is -2.35. The first-order valence-corrected chi connectivity index (χ1v) is 13.3. The summed E-state index contributed by atoms with van der Waals surface area (Å²) < 4.78 is 12.0. The summed E-state index contributed by atoms with van der Waals surface area (Å²) in [6.07, 6.45) is 4.32. The highest BCUT2D eigenvalue weighted by Crippen LogP contribution is 2.46. The van der Waals surface area contributed by atoms with Crippen LogP contribution in [0.4, 0.5) is 5.00 Å². The van der Waals surface area contributed by atoms with Crippen molar-refractivity contribution in [2.24, 2.45) is 0 Å². The highest BCUT2D eigenvalue weighted by atomic mass is 32.1. The molecule has 1 amide bonds. The van der Waals surface area contributed by atoms with Crippen LogP contribution in [0.1, 0.15) is 29.9 Å². The predicted octanol–water partition coefficient (Wildman–Crippen LogP) is 6.17. The van der Waals surface area contributed by atoms with Crippen molar-refractivity contribution in [1.82, 2.24) is 9.88 Å². The number of thiazole rings is 1. The van der Waals surface area contributed by atoms with Crippen LogP contribution >= 0.6 is 22.7 Å². The second kappa shape index (κ2) is 9.11. The van der Waals surface area contributed by atoms with Crippen molar-refractivity contribution < 1.29 is 14.3 Å². The lowest BCUT2D eigenvalue weighted by molar-refractivity contribution is -0.111. The monoisotopic (exact) mass is 503 g/mol. The third kappa shape index (κ3) is 4.33. The molecule has 4 heterocycles. The molecule has 4 aromatic rings. The molecule has 0 spiro atoms. The molecular formula is C27H25N3O3S2. The van der Waals surface area contributed by atoms with E-state index in [2.05, 4.69) is 30.1 Å². The van der Waals surface area contributed by atoms with E-state index in [9.17, 15) is 4.79 Å². The molecule has 8 heteroatoms. The molecule has 1 N–H and O–H groups in total. The quantitative estimate of drug-likeness (QED) is 0.330. The van der Waals surface area contributed by atoms with E-state index in [0.29, 0.717) is 11.8 Å². The Labute approximate surface area is 211 Å². The number of nitrogens with zero attached hydrogens (tertiary/aromatic N) is 2. The van der Waals surface area contributed by atoms with E-state index in [-0.39, 0.29) is 12.7 Å². The number of thiophene rings is 1. The average molecular weight is 504 g/mol. The van der Waals surface area contributed by atoms with Gasteiger partial charge < -0.3 is 14.8 Å². The van der Waals surface area contributed by atoms with Gasteiger partial charge in [0.2, 0.25) is 12.7 Å². The molecule has 6 nitrogen and oxygen atoms in total. The van der Waals surface area contributed by atoms with Gasteiger partial charge in [-0.1, -0.05) is 18.2 Å². The maximum atomic E-state index is 13.0. The van der Waals surface area contributed by atoms with Crippen molar-refractivity contribution in [3.8, 4) is 22.1 Å². The van der Waals surface area contributed by atoms with Crippen LogP contribution < -0.4 is 14.8 Å². The standard InChI is InChI=1S/C27H25N3O3S2/c1-16(2)30-12-11-18-23(14-30)35-27(25(18)26-28-19-5-3-4-6-22(19)34-26)29-24(31)10-8-17-7-9-20-21(13-17)33-15-32-20/h3-10,13,16H,11-12,14-15H2,1-2H3,(H,29,31)/b10-8+. The summed E-state index contributed by atoms with van der Waals surface area (Å²) in [5.74, 6) is 1.27. The summed E-state index contributed by atoms with van der Waals surface area (Å²) >= 11 is 3.36. The maximum absolute atomic E-state index is 13.0. The van der Waals surface area contributed by atoms with Gasteiger partial charge in [-0.3, -0.25) is 9.69 Å². The van der Waals surface area contributed by atoms with Gasteiger partial charge in [-0.15, -0.1) is 22.7 Å². The topological polar surface area (TPSA) is 63.7 Å². The lowest BCUT2D eigenvalue weighted by atomic mass is 10.0. The smallest absolute Gasteiger partial charge is 0.249 e. The predicted molar refractivity (Wildman–Crippen MR) is 142 cm³/mol. The fraction of sp³-hybridized carbons (Fsp3) is 0.259. The van der Waals surface area contributed by atoms with Gasteiger partial charge in [-0.05, 0) is 61.7 Å². The Morgan fingerprint density at radius 2 is 2.00 bits per heavy atom. The molecule has 0 saturated carbocycles. The van der Waals surface area contributed by atoms with Crippen molar-refractivity contribution >= 4 is 49.9 Å². The molecule has 0 radical (unpaired) electrons. The number of carbonyl (C=O) groups is 1. The highest BCUT2D eigenvalue weighted by Gasteiger charge is 2.28. The highest BCUT2D eigenvalue weighted by molar-refractivity contribution is 7.23. The second-order valence-corrected chi connectivity index (χ2v) is 11.1. The van der Waals surface area contributed by atoms with Crippen molar-refractivity contribution in [1.29, 1.82) is 0 Å². The molecule has 0 fully saturated rings.